The molecule has 108 valence electrons. The van der Waals surface area contributed by atoms with E-state index < -0.39 is 0 Å². The highest BCUT2D eigenvalue weighted by Crippen LogP contribution is 2.41. The Hall–Kier alpha value is -1.39. The van der Waals surface area contributed by atoms with E-state index in [0.29, 0.717) is 13.0 Å². The fraction of sp³-hybridized carbons (Fsp3) is 0.562. The molecule has 0 aromatic heterocycles. The van der Waals surface area contributed by atoms with Crippen LogP contribution in [-0.4, -0.2) is 29.3 Å². The fourth-order valence-corrected chi connectivity index (χ4v) is 3.15. The van der Waals surface area contributed by atoms with Gasteiger partial charge in [0.1, 0.15) is 12.2 Å². The van der Waals surface area contributed by atoms with Gasteiger partial charge in [-0.2, -0.15) is 5.06 Å². The molecule has 2 aliphatic rings. The second kappa shape index (κ2) is 4.86. The van der Waals surface area contributed by atoms with Crippen LogP contribution in [0, 0.1) is 5.41 Å². The summed E-state index contributed by atoms with van der Waals surface area (Å²) in [4.78, 5) is 17.5. The highest BCUT2D eigenvalue weighted by Gasteiger charge is 2.54. The van der Waals surface area contributed by atoms with E-state index in [4.69, 9.17) is 9.57 Å². The van der Waals surface area contributed by atoms with Crippen LogP contribution in [-0.2, 0) is 20.9 Å². The van der Waals surface area contributed by atoms with Gasteiger partial charge in [-0.3, -0.25) is 9.63 Å². The lowest BCUT2D eigenvalue weighted by atomic mass is 9.82. The van der Waals surface area contributed by atoms with Crippen LogP contribution in [0.2, 0.25) is 0 Å². The molecule has 2 fully saturated rings. The van der Waals surface area contributed by atoms with Crippen molar-refractivity contribution in [1.82, 2.24) is 5.06 Å². The Morgan fingerprint density at radius 1 is 1.25 bits per heavy atom. The molecule has 4 nitrogen and oxygen atoms in total. The Kier molecular flexibility index (Phi) is 3.30. The third-order valence-electron chi connectivity index (χ3n) is 3.96. The van der Waals surface area contributed by atoms with Crippen LogP contribution in [0.5, 0.6) is 0 Å². The van der Waals surface area contributed by atoms with Crippen LogP contribution in [0.25, 0.3) is 0 Å². The van der Waals surface area contributed by atoms with Gasteiger partial charge in [0.05, 0.1) is 12.5 Å². The first kappa shape index (κ1) is 13.6. The summed E-state index contributed by atoms with van der Waals surface area (Å²) in [7, 11) is 0. The van der Waals surface area contributed by atoms with Crippen molar-refractivity contribution >= 4 is 5.97 Å². The Bertz CT molecular complexity index is 494. The van der Waals surface area contributed by atoms with Gasteiger partial charge in [-0.15, -0.1) is 0 Å². The summed E-state index contributed by atoms with van der Waals surface area (Å²) < 4.78 is 5.49. The summed E-state index contributed by atoms with van der Waals surface area (Å²) in [5, 5.41) is 2.00. The topological polar surface area (TPSA) is 38.8 Å². The van der Waals surface area contributed by atoms with E-state index in [1.807, 2.05) is 23.3 Å². The number of fused-ring (bicyclic) bond motifs is 1. The highest BCUT2D eigenvalue weighted by molar-refractivity contribution is 5.73. The normalized spacial score (nSPS) is 30.4. The Morgan fingerprint density at radius 2 is 1.95 bits per heavy atom. The van der Waals surface area contributed by atoms with Gasteiger partial charge >= 0.3 is 5.97 Å². The number of nitrogens with zero attached hydrogens (tertiary/aromatic N) is 1. The molecule has 0 aliphatic carbocycles. The molecule has 1 aromatic carbocycles. The van der Waals surface area contributed by atoms with E-state index in [9.17, 15) is 4.79 Å². The minimum absolute atomic E-state index is 0.0151. The first-order chi connectivity index (χ1) is 9.45. The van der Waals surface area contributed by atoms with Crippen molar-refractivity contribution in [2.24, 2.45) is 5.41 Å². The first-order valence-corrected chi connectivity index (χ1v) is 7.12. The molecular formula is C16H21NO3. The van der Waals surface area contributed by atoms with Crippen LogP contribution in [0.4, 0.5) is 0 Å². The van der Waals surface area contributed by atoms with Crippen LogP contribution in [0.3, 0.4) is 0 Å². The van der Waals surface area contributed by atoms with Crippen LogP contribution >= 0.6 is 0 Å². The zero-order valence-corrected chi connectivity index (χ0v) is 12.2. The highest BCUT2D eigenvalue weighted by atomic mass is 16.7. The predicted molar refractivity (Wildman–Crippen MR) is 74.6 cm³/mol. The minimum Gasteiger partial charge on any atom is -0.458 e. The molecule has 0 bridgehead atoms. The Balaban J connectivity index is 1.82. The second-order valence-corrected chi connectivity index (χ2v) is 6.67. The van der Waals surface area contributed by atoms with Crippen molar-refractivity contribution in [3.63, 3.8) is 0 Å². The van der Waals surface area contributed by atoms with Crippen molar-refractivity contribution in [3.05, 3.63) is 35.9 Å². The minimum atomic E-state index is -0.147. The molecule has 1 aromatic rings. The molecule has 0 amide bonds. The van der Waals surface area contributed by atoms with E-state index in [2.05, 4.69) is 32.9 Å². The number of esters is 1. The van der Waals surface area contributed by atoms with Gasteiger partial charge in [-0.05, 0) is 11.0 Å². The number of carbonyl (C=O) groups excluding carboxylic acids is 1. The van der Waals surface area contributed by atoms with Crippen LogP contribution in [0.15, 0.2) is 30.3 Å². The number of rotatable bonds is 2. The first-order valence-electron chi connectivity index (χ1n) is 7.12. The smallest absolute Gasteiger partial charge is 0.309 e. The van der Waals surface area contributed by atoms with Gasteiger partial charge in [0.25, 0.3) is 0 Å². The second-order valence-electron chi connectivity index (χ2n) is 6.67. The van der Waals surface area contributed by atoms with Gasteiger partial charge in [0.2, 0.25) is 0 Å². The molecule has 3 rings (SSSR count). The number of carbonyl (C=O) groups is 1. The standard InChI is InChI=1S/C16H21NO3/c1-16(2,3)15-14-12(9-13(18)19-14)20-17(15)10-11-7-5-4-6-8-11/h4-8,12,14-15H,9-10H2,1-3H3/t12-,14+,15-/m1/s1. The van der Waals surface area contributed by atoms with Gasteiger partial charge in [0.15, 0.2) is 0 Å². The molecular weight excluding hydrogens is 254 g/mol. The summed E-state index contributed by atoms with van der Waals surface area (Å²) in [5.41, 5.74) is 1.19. The fourth-order valence-electron chi connectivity index (χ4n) is 3.15. The summed E-state index contributed by atoms with van der Waals surface area (Å²) in [6.07, 6.45) is 0.0874. The third-order valence-corrected chi connectivity index (χ3v) is 3.96. The third kappa shape index (κ3) is 2.45. The van der Waals surface area contributed by atoms with E-state index in [-0.39, 0.29) is 29.6 Å². The number of ether oxygens (including phenoxy) is 1. The summed E-state index contributed by atoms with van der Waals surface area (Å²) in [5.74, 6) is -0.145. The average Bonchev–Trinajstić information content (AvgIpc) is 2.84. The summed E-state index contributed by atoms with van der Waals surface area (Å²) in [6.45, 7) is 7.20. The summed E-state index contributed by atoms with van der Waals surface area (Å²) >= 11 is 0. The number of hydrogen-bond acceptors (Lipinski definition) is 4. The number of benzene rings is 1. The summed E-state index contributed by atoms with van der Waals surface area (Å²) in [6, 6.07) is 10.3. The van der Waals surface area contributed by atoms with Crippen LogP contribution in [0.1, 0.15) is 32.8 Å². The maximum atomic E-state index is 11.5. The van der Waals surface area contributed by atoms with Crippen molar-refractivity contribution in [2.45, 2.75) is 52.0 Å². The van der Waals surface area contributed by atoms with E-state index in [1.54, 1.807) is 0 Å². The number of hydrogen-bond donors (Lipinski definition) is 0. The lowest BCUT2D eigenvalue weighted by Crippen LogP contribution is -2.45. The molecule has 0 saturated carbocycles. The lowest BCUT2D eigenvalue weighted by molar-refractivity contribution is -0.187. The zero-order chi connectivity index (χ0) is 14.3. The van der Waals surface area contributed by atoms with Crippen molar-refractivity contribution < 1.29 is 14.4 Å². The SMILES string of the molecule is CC(C)(C)[C@H]1[C@H]2OC(=O)C[C@H]2ON1Cc1ccccc1. The molecule has 4 heteroatoms. The van der Waals surface area contributed by atoms with E-state index in [1.165, 1.54) is 5.56 Å². The molecule has 0 radical (unpaired) electrons. The van der Waals surface area contributed by atoms with Gasteiger partial charge in [-0.25, -0.2) is 0 Å². The molecule has 0 spiro atoms. The maximum Gasteiger partial charge on any atom is 0.309 e. The van der Waals surface area contributed by atoms with E-state index in [0.717, 1.165) is 0 Å². The van der Waals surface area contributed by atoms with Gasteiger partial charge < -0.3 is 4.74 Å². The maximum absolute atomic E-state index is 11.5. The Labute approximate surface area is 119 Å². The number of hydroxylamine groups is 2. The molecule has 2 saturated heterocycles. The quantitative estimate of drug-likeness (QED) is 0.778. The molecule has 0 N–H and O–H groups in total. The molecule has 2 aliphatic heterocycles. The zero-order valence-electron chi connectivity index (χ0n) is 12.2. The molecule has 20 heavy (non-hydrogen) atoms. The Morgan fingerprint density at radius 3 is 2.60 bits per heavy atom. The lowest BCUT2D eigenvalue weighted by Gasteiger charge is -2.35. The van der Waals surface area contributed by atoms with E-state index >= 15 is 0 Å². The van der Waals surface area contributed by atoms with Crippen molar-refractivity contribution in [2.75, 3.05) is 0 Å². The predicted octanol–water partition coefficient (Wildman–Crippen LogP) is 2.53. The van der Waals surface area contributed by atoms with Crippen molar-refractivity contribution in [3.8, 4) is 0 Å². The molecule has 3 atom stereocenters. The van der Waals surface area contributed by atoms with Crippen molar-refractivity contribution in [1.29, 1.82) is 0 Å². The largest absolute Gasteiger partial charge is 0.458 e. The average molecular weight is 275 g/mol. The van der Waals surface area contributed by atoms with Gasteiger partial charge in [-0.1, -0.05) is 51.1 Å². The van der Waals surface area contributed by atoms with Crippen LogP contribution < -0.4 is 0 Å². The molecule has 0 unspecified atom stereocenters. The molecule has 2 heterocycles. The van der Waals surface area contributed by atoms with Gasteiger partial charge in [0, 0.05) is 6.54 Å². The monoisotopic (exact) mass is 275 g/mol.